The summed E-state index contributed by atoms with van der Waals surface area (Å²) >= 11 is 0. The Balaban J connectivity index is 1.49. The van der Waals surface area contributed by atoms with Crippen LogP contribution in [-0.2, 0) is 6.42 Å². The van der Waals surface area contributed by atoms with Gasteiger partial charge in [0.2, 0.25) is 0 Å². The van der Waals surface area contributed by atoms with E-state index in [1.807, 2.05) is 0 Å². The first-order valence-corrected chi connectivity index (χ1v) is 12.4. The van der Waals surface area contributed by atoms with Gasteiger partial charge >= 0.3 is 0 Å². The number of aliphatic hydroxyl groups is 1. The summed E-state index contributed by atoms with van der Waals surface area (Å²) in [5.41, 5.74) is 2.55. The maximum Gasteiger partial charge on any atom is 0.157 e. The van der Waals surface area contributed by atoms with Crippen molar-refractivity contribution in [3.63, 3.8) is 0 Å². The maximum atomic E-state index is 11.2. The molecule has 2 aliphatic heterocycles. The minimum atomic E-state index is -1.09. The zero-order valence-corrected chi connectivity index (χ0v) is 20.5. The molecule has 2 heterocycles. The van der Waals surface area contributed by atoms with Crippen LogP contribution in [0.1, 0.15) is 52.4 Å². The molecule has 2 aliphatic rings. The van der Waals surface area contributed by atoms with Gasteiger partial charge in [-0.3, -0.25) is 0 Å². The number of aliphatic hydroxyl groups excluding tert-OH is 1. The van der Waals surface area contributed by atoms with Gasteiger partial charge in [0.05, 0.1) is 6.10 Å². The SMILES string of the molecule is Oc1ccc([C@@H]2C[C@@H](c3c(O)cc(O)c4c3O[C@H](c3ccc(O)c(O)c3)[C@H](O)C4)c3ccc(O)cc3O2)cc1. The van der Waals surface area contributed by atoms with Crippen LogP contribution in [0.5, 0.6) is 46.0 Å². The largest absolute Gasteiger partial charge is 0.508 e. The topological polar surface area (TPSA) is 160 Å². The minimum Gasteiger partial charge on any atom is -0.508 e. The number of benzene rings is 4. The van der Waals surface area contributed by atoms with Crippen molar-refractivity contribution in [2.45, 2.75) is 37.1 Å². The fourth-order valence-electron chi connectivity index (χ4n) is 5.51. The van der Waals surface area contributed by atoms with E-state index in [4.69, 9.17) is 9.47 Å². The Bertz CT molecular complexity index is 1560. The van der Waals surface area contributed by atoms with Crippen molar-refractivity contribution in [1.29, 1.82) is 0 Å². The molecule has 0 amide bonds. The highest BCUT2D eigenvalue weighted by Crippen LogP contribution is 2.55. The number of rotatable bonds is 3. The highest BCUT2D eigenvalue weighted by Gasteiger charge is 2.40. The van der Waals surface area contributed by atoms with Crippen LogP contribution in [-0.4, -0.2) is 41.8 Å². The molecule has 39 heavy (non-hydrogen) atoms. The van der Waals surface area contributed by atoms with Gasteiger partial charge in [0.1, 0.15) is 46.7 Å². The second kappa shape index (κ2) is 9.21. The fourth-order valence-corrected chi connectivity index (χ4v) is 5.51. The Morgan fingerprint density at radius 3 is 2.10 bits per heavy atom. The van der Waals surface area contributed by atoms with Crippen LogP contribution in [0.4, 0.5) is 0 Å². The lowest BCUT2D eigenvalue weighted by atomic mass is 9.79. The second-order valence-electron chi connectivity index (χ2n) is 9.90. The van der Waals surface area contributed by atoms with Crippen molar-refractivity contribution in [2.75, 3.05) is 0 Å². The quantitative estimate of drug-likeness (QED) is 0.188. The lowest BCUT2D eigenvalue weighted by Gasteiger charge is -2.37. The molecule has 0 saturated carbocycles. The molecule has 0 fully saturated rings. The molecule has 4 aromatic carbocycles. The molecule has 7 N–H and O–H groups in total. The third-order valence-electron chi connectivity index (χ3n) is 7.42. The Hall–Kier alpha value is -4.76. The monoisotopic (exact) mass is 530 g/mol. The number of fused-ring (bicyclic) bond motifs is 2. The highest BCUT2D eigenvalue weighted by molar-refractivity contribution is 5.63. The summed E-state index contributed by atoms with van der Waals surface area (Å²) in [6, 6.07) is 16.6. The summed E-state index contributed by atoms with van der Waals surface area (Å²) in [6.07, 6.45) is -2.20. The predicted molar refractivity (Wildman–Crippen MR) is 139 cm³/mol. The van der Waals surface area contributed by atoms with E-state index in [1.54, 1.807) is 30.3 Å². The molecule has 9 heteroatoms. The van der Waals surface area contributed by atoms with E-state index >= 15 is 0 Å². The van der Waals surface area contributed by atoms with E-state index in [0.717, 1.165) is 5.56 Å². The van der Waals surface area contributed by atoms with E-state index in [2.05, 4.69) is 0 Å². The van der Waals surface area contributed by atoms with Gasteiger partial charge in [0, 0.05) is 41.2 Å². The van der Waals surface area contributed by atoms with Crippen LogP contribution in [0.3, 0.4) is 0 Å². The Kier molecular flexibility index (Phi) is 5.80. The molecular weight excluding hydrogens is 504 g/mol. The van der Waals surface area contributed by atoms with E-state index in [-0.39, 0.29) is 46.7 Å². The number of ether oxygens (including phenoxy) is 2. The first-order valence-electron chi connectivity index (χ1n) is 12.4. The number of hydrogen-bond acceptors (Lipinski definition) is 9. The third-order valence-corrected chi connectivity index (χ3v) is 7.42. The summed E-state index contributed by atoms with van der Waals surface area (Å²) in [5, 5.41) is 72.5. The van der Waals surface area contributed by atoms with Crippen LogP contribution < -0.4 is 9.47 Å². The molecule has 200 valence electrons. The minimum absolute atomic E-state index is 0.00221. The van der Waals surface area contributed by atoms with Crippen molar-refractivity contribution in [3.8, 4) is 46.0 Å². The molecule has 0 aromatic heterocycles. The lowest BCUT2D eigenvalue weighted by Crippen LogP contribution is -2.31. The van der Waals surface area contributed by atoms with E-state index in [9.17, 15) is 35.7 Å². The van der Waals surface area contributed by atoms with Crippen LogP contribution in [0.2, 0.25) is 0 Å². The maximum absolute atomic E-state index is 11.2. The predicted octanol–water partition coefficient (Wildman–Crippen LogP) is 4.61. The summed E-state index contributed by atoms with van der Waals surface area (Å²) < 4.78 is 12.5. The lowest BCUT2D eigenvalue weighted by molar-refractivity contribution is 0.0184. The van der Waals surface area contributed by atoms with Crippen LogP contribution in [0, 0.1) is 0 Å². The van der Waals surface area contributed by atoms with Gasteiger partial charge in [-0.05, 0) is 47.9 Å². The molecule has 9 nitrogen and oxygen atoms in total. The third kappa shape index (κ3) is 4.26. The zero-order valence-electron chi connectivity index (χ0n) is 20.5. The normalized spacial score (nSPS) is 21.8. The van der Waals surface area contributed by atoms with Crippen molar-refractivity contribution >= 4 is 0 Å². The van der Waals surface area contributed by atoms with Crippen molar-refractivity contribution in [3.05, 3.63) is 94.5 Å². The zero-order chi connectivity index (χ0) is 27.4. The van der Waals surface area contributed by atoms with E-state index in [0.29, 0.717) is 34.4 Å². The average Bonchev–Trinajstić information content (AvgIpc) is 2.90. The van der Waals surface area contributed by atoms with Crippen molar-refractivity contribution < 1.29 is 45.2 Å². The highest BCUT2D eigenvalue weighted by atomic mass is 16.5. The van der Waals surface area contributed by atoms with Crippen molar-refractivity contribution in [2.24, 2.45) is 0 Å². The molecule has 0 radical (unpaired) electrons. The smallest absolute Gasteiger partial charge is 0.157 e. The summed E-state index contributed by atoms with van der Waals surface area (Å²) in [6.45, 7) is 0. The molecule has 4 aromatic rings. The molecular formula is C30H26O9. The molecule has 0 spiro atoms. The van der Waals surface area contributed by atoms with Gasteiger partial charge in [-0.1, -0.05) is 24.3 Å². The van der Waals surface area contributed by atoms with Crippen LogP contribution in [0.25, 0.3) is 0 Å². The van der Waals surface area contributed by atoms with Crippen LogP contribution >= 0.6 is 0 Å². The van der Waals surface area contributed by atoms with Gasteiger partial charge in [0.15, 0.2) is 11.5 Å². The van der Waals surface area contributed by atoms with Gasteiger partial charge < -0.3 is 45.2 Å². The van der Waals surface area contributed by atoms with E-state index in [1.165, 1.54) is 36.4 Å². The Morgan fingerprint density at radius 2 is 1.36 bits per heavy atom. The summed E-state index contributed by atoms with van der Waals surface area (Å²) in [5.74, 6) is -0.935. The molecule has 0 unspecified atom stereocenters. The molecule has 0 saturated heterocycles. The second-order valence-corrected chi connectivity index (χ2v) is 9.90. The molecule has 6 rings (SSSR count). The van der Waals surface area contributed by atoms with Crippen molar-refractivity contribution in [1.82, 2.24) is 0 Å². The standard InChI is InChI=1S/C30H26O9/c31-16-4-1-14(2-5-16)26-12-19(18-7-6-17(32)10-27(18)38-26)28-24(36)13-22(34)20-11-25(37)29(39-30(20)28)15-3-8-21(33)23(35)9-15/h1-10,13,19,25-26,29,31-37H,11-12H2/t19-,25-,26+,29-/m1/s1. The first kappa shape index (κ1) is 24.6. The van der Waals surface area contributed by atoms with Gasteiger partial charge in [0.25, 0.3) is 0 Å². The number of aromatic hydroxyl groups is 6. The number of phenols is 6. The van der Waals surface area contributed by atoms with Gasteiger partial charge in [-0.15, -0.1) is 0 Å². The Morgan fingerprint density at radius 1 is 0.641 bits per heavy atom. The summed E-state index contributed by atoms with van der Waals surface area (Å²) in [4.78, 5) is 0. The number of phenolic OH excluding ortho intramolecular Hbond substituents is 6. The Labute approximate surface area is 223 Å². The van der Waals surface area contributed by atoms with Gasteiger partial charge in [-0.25, -0.2) is 0 Å². The molecule has 0 bridgehead atoms. The first-order chi connectivity index (χ1) is 18.7. The van der Waals surface area contributed by atoms with Crippen LogP contribution in [0.15, 0.2) is 66.7 Å². The average molecular weight is 531 g/mol. The number of hydrogen-bond donors (Lipinski definition) is 7. The molecule has 0 aliphatic carbocycles. The van der Waals surface area contributed by atoms with E-state index < -0.39 is 24.2 Å². The van der Waals surface area contributed by atoms with Gasteiger partial charge in [-0.2, -0.15) is 0 Å². The fraction of sp³-hybridized carbons (Fsp3) is 0.200. The molecule has 4 atom stereocenters. The summed E-state index contributed by atoms with van der Waals surface area (Å²) in [7, 11) is 0.